The van der Waals surface area contributed by atoms with Gasteiger partial charge in [0.25, 0.3) is 0 Å². The number of nitrogens with one attached hydrogen (secondary N) is 1. The third kappa shape index (κ3) is 4.56. The standard InChI is InChI=1S/C13H17BrF3NO2/c1-4-18-10(7-13(15,16)17)8-5-12(20-3)9(14)6-11(8)19-2/h5-6,10,18H,4,7H2,1-3H3. The van der Waals surface area contributed by atoms with E-state index in [1.54, 1.807) is 19.1 Å². The average Bonchev–Trinajstić information content (AvgIpc) is 2.36. The molecule has 1 rings (SSSR count). The number of hydrogen-bond donors (Lipinski definition) is 1. The number of benzene rings is 1. The second kappa shape index (κ2) is 7.17. The Morgan fingerprint density at radius 3 is 2.25 bits per heavy atom. The number of methoxy groups -OCH3 is 2. The first-order chi connectivity index (χ1) is 9.32. The van der Waals surface area contributed by atoms with E-state index < -0.39 is 18.6 Å². The highest BCUT2D eigenvalue weighted by Crippen LogP contribution is 2.39. The molecule has 0 spiro atoms. The zero-order valence-electron chi connectivity index (χ0n) is 11.5. The van der Waals surface area contributed by atoms with Crippen LogP contribution in [-0.4, -0.2) is 26.9 Å². The molecule has 1 aromatic carbocycles. The second-order valence-corrected chi connectivity index (χ2v) is 5.01. The van der Waals surface area contributed by atoms with Gasteiger partial charge in [0.15, 0.2) is 0 Å². The van der Waals surface area contributed by atoms with Gasteiger partial charge < -0.3 is 14.8 Å². The fourth-order valence-electron chi connectivity index (χ4n) is 1.93. The summed E-state index contributed by atoms with van der Waals surface area (Å²) >= 11 is 3.28. The van der Waals surface area contributed by atoms with Crippen LogP contribution in [0.1, 0.15) is 24.9 Å². The predicted molar refractivity (Wildman–Crippen MR) is 74.3 cm³/mol. The maximum absolute atomic E-state index is 12.7. The Bertz CT molecular complexity index is 452. The average molecular weight is 356 g/mol. The van der Waals surface area contributed by atoms with E-state index in [0.717, 1.165) is 0 Å². The molecule has 114 valence electrons. The SMILES string of the molecule is CCNC(CC(F)(F)F)c1cc(OC)c(Br)cc1OC. The highest BCUT2D eigenvalue weighted by Gasteiger charge is 2.33. The summed E-state index contributed by atoms with van der Waals surface area (Å²) in [5.41, 5.74) is 0.423. The Kier molecular flexibility index (Phi) is 6.13. The molecule has 1 aromatic rings. The van der Waals surface area contributed by atoms with Crippen LogP contribution < -0.4 is 14.8 Å². The summed E-state index contributed by atoms with van der Waals surface area (Å²) in [6.07, 6.45) is -5.24. The summed E-state index contributed by atoms with van der Waals surface area (Å²) in [6.45, 7) is 2.17. The van der Waals surface area contributed by atoms with Crippen LogP contribution in [0.4, 0.5) is 13.2 Å². The minimum Gasteiger partial charge on any atom is -0.496 e. The van der Waals surface area contributed by atoms with Gasteiger partial charge in [-0.15, -0.1) is 0 Å². The molecule has 0 aliphatic carbocycles. The first kappa shape index (κ1) is 17.1. The van der Waals surface area contributed by atoms with E-state index >= 15 is 0 Å². The molecule has 0 aliphatic rings. The van der Waals surface area contributed by atoms with Crippen LogP contribution in [0.3, 0.4) is 0 Å². The largest absolute Gasteiger partial charge is 0.496 e. The van der Waals surface area contributed by atoms with Gasteiger partial charge >= 0.3 is 6.18 Å². The van der Waals surface area contributed by atoms with Gasteiger partial charge in [0, 0.05) is 11.6 Å². The van der Waals surface area contributed by atoms with Crippen LogP contribution in [-0.2, 0) is 0 Å². The Balaban J connectivity index is 3.23. The highest BCUT2D eigenvalue weighted by molar-refractivity contribution is 9.10. The molecule has 0 saturated carbocycles. The monoisotopic (exact) mass is 355 g/mol. The molecule has 0 aromatic heterocycles. The molecule has 0 aliphatic heterocycles. The van der Waals surface area contributed by atoms with Crippen molar-refractivity contribution in [1.29, 1.82) is 0 Å². The molecule has 0 radical (unpaired) electrons. The van der Waals surface area contributed by atoms with Crippen molar-refractivity contribution >= 4 is 15.9 Å². The third-order valence-corrected chi connectivity index (χ3v) is 3.39. The number of halogens is 4. The molecule has 0 bridgehead atoms. The van der Waals surface area contributed by atoms with Crippen molar-refractivity contribution < 1.29 is 22.6 Å². The summed E-state index contributed by atoms with van der Waals surface area (Å²) in [5, 5.41) is 2.83. The summed E-state index contributed by atoms with van der Waals surface area (Å²) in [6, 6.07) is 2.29. The van der Waals surface area contributed by atoms with Crippen molar-refractivity contribution in [2.75, 3.05) is 20.8 Å². The maximum Gasteiger partial charge on any atom is 0.390 e. The van der Waals surface area contributed by atoms with E-state index in [1.165, 1.54) is 14.2 Å². The van der Waals surface area contributed by atoms with Crippen LogP contribution in [0, 0.1) is 0 Å². The van der Waals surface area contributed by atoms with Crippen LogP contribution >= 0.6 is 15.9 Å². The van der Waals surface area contributed by atoms with Gasteiger partial charge in [-0.2, -0.15) is 13.2 Å². The van der Waals surface area contributed by atoms with Gasteiger partial charge in [-0.1, -0.05) is 6.92 Å². The van der Waals surface area contributed by atoms with E-state index in [1.807, 2.05) is 0 Å². The molecule has 0 saturated heterocycles. The molecular formula is C13H17BrF3NO2. The van der Waals surface area contributed by atoms with Crippen LogP contribution in [0.5, 0.6) is 11.5 Å². The van der Waals surface area contributed by atoms with Gasteiger partial charge in [0.05, 0.1) is 25.1 Å². The predicted octanol–water partition coefficient (Wildman–Crippen LogP) is 4.07. The lowest BCUT2D eigenvalue weighted by molar-refractivity contribution is -0.140. The number of alkyl halides is 3. The zero-order valence-corrected chi connectivity index (χ0v) is 13.1. The van der Waals surface area contributed by atoms with Crippen molar-refractivity contribution in [1.82, 2.24) is 5.32 Å². The smallest absolute Gasteiger partial charge is 0.390 e. The fourth-order valence-corrected chi connectivity index (χ4v) is 2.41. The molecule has 1 unspecified atom stereocenters. The minimum atomic E-state index is -4.27. The quantitative estimate of drug-likeness (QED) is 0.834. The molecule has 20 heavy (non-hydrogen) atoms. The van der Waals surface area contributed by atoms with Gasteiger partial charge in [-0.25, -0.2) is 0 Å². The summed E-state index contributed by atoms with van der Waals surface area (Å²) in [4.78, 5) is 0. The molecule has 1 N–H and O–H groups in total. The molecule has 0 amide bonds. The zero-order chi connectivity index (χ0) is 15.3. The van der Waals surface area contributed by atoms with E-state index in [0.29, 0.717) is 28.1 Å². The number of rotatable bonds is 6. The first-order valence-corrected chi connectivity index (χ1v) is 6.83. The number of ether oxygens (including phenoxy) is 2. The molecule has 0 fully saturated rings. The van der Waals surface area contributed by atoms with Crippen molar-refractivity contribution in [2.45, 2.75) is 25.6 Å². The van der Waals surface area contributed by atoms with Crippen molar-refractivity contribution in [2.24, 2.45) is 0 Å². The summed E-state index contributed by atoms with van der Waals surface area (Å²) in [5.74, 6) is 0.846. The molecule has 0 heterocycles. The summed E-state index contributed by atoms with van der Waals surface area (Å²) < 4.78 is 49.0. The van der Waals surface area contributed by atoms with E-state index in [4.69, 9.17) is 9.47 Å². The number of hydrogen-bond acceptors (Lipinski definition) is 3. The minimum absolute atomic E-state index is 0.382. The lowest BCUT2D eigenvalue weighted by Crippen LogP contribution is -2.27. The lowest BCUT2D eigenvalue weighted by Gasteiger charge is -2.23. The van der Waals surface area contributed by atoms with E-state index in [-0.39, 0.29) is 0 Å². The molecule has 7 heteroatoms. The lowest BCUT2D eigenvalue weighted by atomic mass is 10.0. The Labute approximate surface area is 124 Å². The normalized spacial score (nSPS) is 13.2. The Morgan fingerprint density at radius 1 is 1.20 bits per heavy atom. The van der Waals surface area contributed by atoms with Crippen molar-refractivity contribution in [3.8, 4) is 11.5 Å². The topological polar surface area (TPSA) is 30.5 Å². The summed E-state index contributed by atoms with van der Waals surface area (Å²) in [7, 11) is 2.89. The van der Waals surface area contributed by atoms with Crippen molar-refractivity contribution in [3.63, 3.8) is 0 Å². The van der Waals surface area contributed by atoms with Gasteiger partial charge in [-0.05, 0) is 34.6 Å². The van der Waals surface area contributed by atoms with Crippen LogP contribution in [0.15, 0.2) is 16.6 Å². The van der Waals surface area contributed by atoms with Gasteiger partial charge in [0.2, 0.25) is 0 Å². The Hall–Kier alpha value is -0.950. The third-order valence-electron chi connectivity index (χ3n) is 2.77. The van der Waals surface area contributed by atoms with Crippen LogP contribution in [0.2, 0.25) is 0 Å². The van der Waals surface area contributed by atoms with Crippen molar-refractivity contribution in [3.05, 3.63) is 22.2 Å². The van der Waals surface area contributed by atoms with Gasteiger partial charge in [0.1, 0.15) is 11.5 Å². The maximum atomic E-state index is 12.7. The van der Waals surface area contributed by atoms with E-state index in [9.17, 15) is 13.2 Å². The Morgan fingerprint density at radius 2 is 1.80 bits per heavy atom. The molecule has 3 nitrogen and oxygen atoms in total. The highest BCUT2D eigenvalue weighted by atomic mass is 79.9. The van der Waals surface area contributed by atoms with E-state index in [2.05, 4.69) is 21.2 Å². The first-order valence-electron chi connectivity index (χ1n) is 6.04. The van der Waals surface area contributed by atoms with Gasteiger partial charge in [-0.3, -0.25) is 0 Å². The second-order valence-electron chi connectivity index (χ2n) is 4.16. The van der Waals surface area contributed by atoms with Crippen LogP contribution in [0.25, 0.3) is 0 Å². The molecule has 1 atom stereocenters. The molecular weight excluding hydrogens is 339 g/mol. The fraction of sp³-hybridized carbons (Fsp3) is 0.538.